The zero-order valence-corrected chi connectivity index (χ0v) is 19.6. The first-order chi connectivity index (χ1) is 17.9. The number of aliphatic hydroxyl groups excluding tert-OH is 1. The second-order valence-corrected chi connectivity index (χ2v) is 8.56. The Kier molecular flexibility index (Phi) is 6.70. The molecule has 0 bridgehead atoms. The minimum absolute atomic E-state index is 0.0362. The van der Waals surface area contributed by atoms with Crippen LogP contribution in [0.2, 0.25) is 0 Å². The summed E-state index contributed by atoms with van der Waals surface area (Å²) in [5.74, 6) is 0.886. The van der Waals surface area contributed by atoms with Gasteiger partial charge in [-0.05, 0) is 36.4 Å². The molecule has 1 unspecified atom stereocenters. The van der Waals surface area contributed by atoms with Crippen LogP contribution in [0, 0.1) is 11.3 Å². The van der Waals surface area contributed by atoms with Crippen molar-refractivity contribution in [2.75, 3.05) is 11.4 Å². The highest BCUT2D eigenvalue weighted by molar-refractivity contribution is 5.96. The lowest BCUT2D eigenvalue weighted by molar-refractivity contribution is -0.117. The summed E-state index contributed by atoms with van der Waals surface area (Å²) in [7, 11) is 0. The van der Waals surface area contributed by atoms with E-state index < -0.39 is 12.7 Å². The molecule has 1 aliphatic rings. The highest BCUT2D eigenvalue weighted by atomic mass is 19.3. The quantitative estimate of drug-likeness (QED) is 0.385. The Morgan fingerprint density at radius 3 is 2.73 bits per heavy atom. The van der Waals surface area contributed by atoms with Crippen molar-refractivity contribution in [2.45, 2.75) is 32.3 Å². The van der Waals surface area contributed by atoms with Crippen LogP contribution in [0.3, 0.4) is 0 Å². The summed E-state index contributed by atoms with van der Waals surface area (Å²) in [6.45, 7) is -2.55. The maximum atomic E-state index is 13.0. The van der Waals surface area contributed by atoms with Crippen molar-refractivity contribution in [3.8, 4) is 17.6 Å². The van der Waals surface area contributed by atoms with E-state index in [-0.39, 0.29) is 37.8 Å². The number of rotatable bonds is 8. The number of aromatic nitrogens is 2. The summed E-state index contributed by atoms with van der Waals surface area (Å²) >= 11 is 0. The number of amides is 1. The number of para-hydroxylation sites is 1. The van der Waals surface area contributed by atoms with Crippen LogP contribution in [0.25, 0.3) is 11.0 Å². The number of imidazole rings is 1. The number of fused-ring (bicyclic) bond motifs is 1. The Bertz CT molecular complexity index is 1500. The number of hydrogen-bond donors (Lipinski definition) is 1. The molecule has 1 fully saturated rings. The van der Waals surface area contributed by atoms with Crippen molar-refractivity contribution in [3.05, 3.63) is 83.7 Å². The molecule has 188 valence electrons. The fourth-order valence-electron chi connectivity index (χ4n) is 4.37. The van der Waals surface area contributed by atoms with Gasteiger partial charge >= 0.3 is 6.61 Å². The van der Waals surface area contributed by atoms with Crippen LogP contribution >= 0.6 is 0 Å². The monoisotopic (exact) mass is 504 g/mol. The molecule has 3 aromatic carbocycles. The van der Waals surface area contributed by atoms with Gasteiger partial charge in [0.2, 0.25) is 5.91 Å². The molecule has 4 aromatic rings. The second kappa shape index (κ2) is 10.2. The lowest BCUT2D eigenvalue weighted by Gasteiger charge is -2.17. The number of nitrogens with zero attached hydrogens (tertiary/aromatic N) is 4. The average Bonchev–Trinajstić information content (AvgIpc) is 3.41. The minimum atomic E-state index is -2.97. The average molecular weight is 504 g/mol. The van der Waals surface area contributed by atoms with Crippen molar-refractivity contribution >= 4 is 22.6 Å². The number of ether oxygens (including phenoxy) is 2. The summed E-state index contributed by atoms with van der Waals surface area (Å²) < 4.78 is 38.5. The van der Waals surface area contributed by atoms with Gasteiger partial charge < -0.3 is 24.0 Å². The molecule has 1 aromatic heterocycles. The summed E-state index contributed by atoms with van der Waals surface area (Å²) in [5.41, 5.74) is 2.83. The normalized spacial score (nSPS) is 15.4. The summed E-state index contributed by atoms with van der Waals surface area (Å²) in [6, 6.07) is 20.6. The van der Waals surface area contributed by atoms with Gasteiger partial charge in [0.05, 0.1) is 48.3 Å². The number of aliphatic hydroxyl groups is 1. The number of anilines is 1. The fraction of sp³-hybridized carbons (Fsp3) is 0.222. The SMILES string of the molecule is N#Cc1ccc2nc(COc3cccc(N4CC(O)CC4=O)c3)n(Cc3ccccc3OC(F)F)c2c1. The number of nitriles is 1. The molecule has 5 rings (SSSR count). The molecule has 0 spiro atoms. The van der Waals surface area contributed by atoms with Gasteiger partial charge in [-0.1, -0.05) is 24.3 Å². The highest BCUT2D eigenvalue weighted by Gasteiger charge is 2.29. The number of benzene rings is 3. The first kappa shape index (κ1) is 24.2. The predicted octanol–water partition coefficient (Wildman–Crippen LogP) is 4.23. The molecule has 10 heteroatoms. The number of alkyl halides is 2. The van der Waals surface area contributed by atoms with Crippen LogP contribution in [0.4, 0.5) is 14.5 Å². The topological polar surface area (TPSA) is 101 Å². The van der Waals surface area contributed by atoms with Crippen LogP contribution in [-0.4, -0.2) is 39.8 Å². The van der Waals surface area contributed by atoms with Crippen molar-refractivity contribution in [1.29, 1.82) is 5.26 Å². The van der Waals surface area contributed by atoms with Crippen LogP contribution in [0.5, 0.6) is 11.5 Å². The van der Waals surface area contributed by atoms with Crippen molar-refractivity contribution < 1.29 is 28.2 Å². The Balaban J connectivity index is 1.46. The third-order valence-electron chi connectivity index (χ3n) is 6.08. The number of halogens is 2. The number of hydrogen-bond acceptors (Lipinski definition) is 6. The molecule has 2 heterocycles. The number of carbonyl (C=O) groups is 1. The van der Waals surface area contributed by atoms with Gasteiger partial charge in [-0.3, -0.25) is 4.79 Å². The largest absolute Gasteiger partial charge is 0.486 e. The third kappa shape index (κ3) is 5.22. The predicted molar refractivity (Wildman–Crippen MR) is 130 cm³/mol. The van der Waals surface area contributed by atoms with Gasteiger partial charge in [0.15, 0.2) is 0 Å². The minimum Gasteiger partial charge on any atom is -0.486 e. The maximum Gasteiger partial charge on any atom is 0.387 e. The third-order valence-corrected chi connectivity index (χ3v) is 6.08. The molecule has 0 aliphatic carbocycles. The van der Waals surface area contributed by atoms with Crippen molar-refractivity contribution in [1.82, 2.24) is 9.55 Å². The van der Waals surface area contributed by atoms with Gasteiger partial charge in [-0.15, -0.1) is 0 Å². The van der Waals surface area contributed by atoms with E-state index in [4.69, 9.17) is 9.47 Å². The van der Waals surface area contributed by atoms with E-state index in [9.17, 15) is 23.9 Å². The molecule has 1 aliphatic heterocycles. The van der Waals surface area contributed by atoms with E-state index in [1.165, 1.54) is 11.0 Å². The standard InChI is InChI=1S/C27H22F2N4O4/c28-27(29)37-24-7-2-1-4-18(24)14-33-23-10-17(13-30)8-9-22(23)31-25(33)16-36-21-6-3-5-19(11-21)32-15-20(34)12-26(32)35/h1-11,20,27,34H,12,14-16H2. The van der Waals surface area contributed by atoms with E-state index in [0.29, 0.717) is 39.4 Å². The van der Waals surface area contributed by atoms with Gasteiger partial charge in [0.25, 0.3) is 0 Å². The molecule has 1 atom stereocenters. The molecule has 37 heavy (non-hydrogen) atoms. The van der Waals surface area contributed by atoms with Crippen LogP contribution in [-0.2, 0) is 17.9 Å². The van der Waals surface area contributed by atoms with Gasteiger partial charge in [0, 0.05) is 17.3 Å². The van der Waals surface area contributed by atoms with Gasteiger partial charge in [0.1, 0.15) is 23.9 Å². The van der Waals surface area contributed by atoms with Crippen LogP contribution in [0.1, 0.15) is 23.4 Å². The molecule has 0 saturated carbocycles. The Labute approximate surface area is 210 Å². The lowest BCUT2D eigenvalue weighted by atomic mass is 10.2. The molecule has 8 nitrogen and oxygen atoms in total. The van der Waals surface area contributed by atoms with Gasteiger partial charge in [-0.2, -0.15) is 14.0 Å². The lowest BCUT2D eigenvalue weighted by Crippen LogP contribution is -2.25. The molecule has 1 saturated heterocycles. The molecule has 1 N–H and O–H groups in total. The first-order valence-electron chi connectivity index (χ1n) is 11.5. The van der Waals surface area contributed by atoms with Gasteiger partial charge in [-0.25, -0.2) is 4.98 Å². The van der Waals surface area contributed by atoms with Crippen LogP contribution < -0.4 is 14.4 Å². The zero-order valence-electron chi connectivity index (χ0n) is 19.6. The Hall–Kier alpha value is -4.49. The van der Waals surface area contributed by atoms with Crippen LogP contribution in [0.15, 0.2) is 66.7 Å². The fourth-order valence-corrected chi connectivity index (χ4v) is 4.37. The number of carbonyl (C=O) groups excluding carboxylic acids is 1. The summed E-state index contributed by atoms with van der Waals surface area (Å²) in [6.07, 6.45) is -0.622. The molecule has 0 radical (unpaired) electrons. The molecular weight excluding hydrogens is 482 g/mol. The van der Waals surface area contributed by atoms with E-state index in [1.807, 2.05) is 0 Å². The molecule has 1 amide bonds. The van der Waals surface area contributed by atoms with Crippen molar-refractivity contribution in [3.63, 3.8) is 0 Å². The van der Waals surface area contributed by atoms with Crippen molar-refractivity contribution in [2.24, 2.45) is 0 Å². The van der Waals surface area contributed by atoms with E-state index in [0.717, 1.165) is 0 Å². The zero-order chi connectivity index (χ0) is 25.9. The number of β-amino-alcohol motifs (C(OH)–C–C–N with tert-alkyl or cyclic N) is 1. The summed E-state index contributed by atoms with van der Waals surface area (Å²) in [5, 5.41) is 19.2. The first-order valence-corrected chi connectivity index (χ1v) is 11.5. The van der Waals surface area contributed by atoms with E-state index in [2.05, 4.69) is 11.1 Å². The smallest absolute Gasteiger partial charge is 0.387 e. The molecular formula is C27H22F2N4O4. The highest BCUT2D eigenvalue weighted by Crippen LogP contribution is 2.28. The summed E-state index contributed by atoms with van der Waals surface area (Å²) in [4.78, 5) is 18.3. The Morgan fingerprint density at radius 1 is 1.14 bits per heavy atom. The maximum absolute atomic E-state index is 13.0. The van der Waals surface area contributed by atoms with E-state index >= 15 is 0 Å². The van der Waals surface area contributed by atoms with E-state index in [1.54, 1.807) is 65.2 Å². The second-order valence-electron chi connectivity index (χ2n) is 8.56. The Morgan fingerprint density at radius 2 is 1.97 bits per heavy atom.